The van der Waals surface area contributed by atoms with Crippen molar-refractivity contribution in [1.82, 2.24) is 0 Å². The van der Waals surface area contributed by atoms with E-state index >= 15 is 0 Å². The molecule has 1 fully saturated rings. The number of aliphatic hydroxyl groups is 1. The number of carbonyl (C=O) groups is 1. The lowest BCUT2D eigenvalue weighted by Crippen LogP contribution is -2.31. The zero-order valence-corrected chi connectivity index (χ0v) is 9.03. The first-order valence-electron chi connectivity index (χ1n) is 5.49. The van der Waals surface area contributed by atoms with Gasteiger partial charge >= 0.3 is 5.97 Å². The smallest absolute Gasteiger partial charge is 0.306 e. The van der Waals surface area contributed by atoms with Crippen LogP contribution in [-0.2, 0) is 9.53 Å². The van der Waals surface area contributed by atoms with Crippen molar-refractivity contribution in [2.75, 3.05) is 0 Å². The average molecular weight is 200 g/mol. The minimum absolute atomic E-state index is 0.0622. The van der Waals surface area contributed by atoms with Crippen molar-refractivity contribution in [2.45, 2.75) is 58.2 Å². The molecule has 0 spiro atoms. The number of rotatable bonds is 4. The van der Waals surface area contributed by atoms with Gasteiger partial charge in [0.25, 0.3) is 0 Å². The SMILES string of the molecule is CCC[C@@H](O)C[C@H]1C[C@@H](C)CC(=O)O1. The molecule has 0 aromatic heterocycles. The monoisotopic (exact) mass is 200 g/mol. The molecule has 1 saturated heterocycles. The van der Waals surface area contributed by atoms with Gasteiger partial charge in [0.15, 0.2) is 0 Å². The maximum atomic E-state index is 11.1. The standard InChI is InChI=1S/C11H20O3/c1-3-4-9(12)7-10-5-8(2)6-11(13)14-10/h8-10,12H,3-7H2,1-2H3/t8-,9-,10-/m1/s1. The number of hydrogen-bond donors (Lipinski definition) is 1. The molecule has 1 heterocycles. The highest BCUT2D eigenvalue weighted by Gasteiger charge is 2.27. The molecule has 0 aromatic carbocycles. The molecule has 0 bridgehead atoms. The lowest BCUT2D eigenvalue weighted by atomic mass is 9.93. The zero-order chi connectivity index (χ0) is 10.6. The molecule has 1 aliphatic rings. The molecule has 0 radical (unpaired) electrons. The first kappa shape index (κ1) is 11.5. The Morgan fingerprint density at radius 1 is 1.64 bits per heavy atom. The Balaban J connectivity index is 2.32. The highest BCUT2D eigenvalue weighted by molar-refractivity contribution is 5.70. The van der Waals surface area contributed by atoms with Gasteiger partial charge in [0.2, 0.25) is 0 Å². The van der Waals surface area contributed by atoms with Crippen LogP contribution in [0.3, 0.4) is 0 Å². The van der Waals surface area contributed by atoms with Crippen LogP contribution in [0.4, 0.5) is 0 Å². The third-order valence-corrected chi connectivity index (χ3v) is 2.64. The number of hydrogen-bond acceptors (Lipinski definition) is 3. The van der Waals surface area contributed by atoms with E-state index in [1.165, 1.54) is 0 Å². The van der Waals surface area contributed by atoms with Gasteiger partial charge in [0.1, 0.15) is 6.10 Å². The second-order valence-corrected chi connectivity index (χ2v) is 4.34. The fourth-order valence-corrected chi connectivity index (χ4v) is 2.00. The zero-order valence-electron chi connectivity index (χ0n) is 9.03. The number of esters is 1. The molecule has 1 rings (SSSR count). The summed E-state index contributed by atoms with van der Waals surface area (Å²) in [6.07, 6.45) is 3.41. The van der Waals surface area contributed by atoms with Gasteiger partial charge < -0.3 is 9.84 Å². The Morgan fingerprint density at radius 2 is 2.36 bits per heavy atom. The molecule has 0 amide bonds. The van der Waals surface area contributed by atoms with E-state index in [1.54, 1.807) is 0 Å². The van der Waals surface area contributed by atoms with Crippen molar-refractivity contribution in [3.8, 4) is 0 Å². The van der Waals surface area contributed by atoms with Crippen molar-refractivity contribution in [2.24, 2.45) is 5.92 Å². The van der Waals surface area contributed by atoms with Crippen molar-refractivity contribution >= 4 is 5.97 Å². The quantitative estimate of drug-likeness (QED) is 0.705. The lowest BCUT2D eigenvalue weighted by Gasteiger charge is -2.28. The van der Waals surface area contributed by atoms with E-state index in [0.29, 0.717) is 18.8 Å². The normalized spacial score (nSPS) is 29.8. The summed E-state index contributed by atoms with van der Waals surface area (Å²) in [5, 5.41) is 9.58. The summed E-state index contributed by atoms with van der Waals surface area (Å²) < 4.78 is 5.17. The maximum Gasteiger partial charge on any atom is 0.306 e. The first-order valence-corrected chi connectivity index (χ1v) is 5.49. The van der Waals surface area contributed by atoms with Crippen molar-refractivity contribution in [3.63, 3.8) is 0 Å². The van der Waals surface area contributed by atoms with Crippen LogP contribution in [0.15, 0.2) is 0 Å². The summed E-state index contributed by atoms with van der Waals surface area (Å²) in [7, 11) is 0. The minimum atomic E-state index is -0.317. The summed E-state index contributed by atoms with van der Waals surface area (Å²) in [4.78, 5) is 11.1. The second-order valence-electron chi connectivity index (χ2n) is 4.34. The Morgan fingerprint density at radius 3 is 2.93 bits per heavy atom. The Kier molecular flexibility index (Phi) is 4.39. The first-order chi connectivity index (χ1) is 6.61. The Bertz CT molecular complexity index is 191. The molecule has 3 nitrogen and oxygen atoms in total. The Hall–Kier alpha value is -0.570. The van der Waals surface area contributed by atoms with Crippen molar-refractivity contribution in [3.05, 3.63) is 0 Å². The highest BCUT2D eigenvalue weighted by atomic mass is 16.5. The number of aliphatic hydroxyl groups excluding tert-OH is 1. The predicted molar refractivity (Wildman–Crippen MR) is 53.8 cm³/mol. The van der Waals surface area contributed by atoms with Gasteiger partial charge in [0.05, 0.1) is 6.10 Å². The van der Waals surface area contributed by atoms with Crippen molar-refractivity contribution < 1.29 is 14.6 Å². The molecule has 0 unspecified atom stereocenters. The predicted octanol–water partition coefficient (Wildman–Crippen LogP) is 1.88. The third kappa shape index (κ3) is 3.66. The van der Waals surface area contributed by atoms with Gasteiger partial charge in [-0.2, -0.15) is 0 Å². The van der Waals surface area contributed by atoms with Crippen LogP contribution in [0.2, 0.25) is 0 Å². The van der Waals surface area contributed by atoms with Crippen LogP contribution in [0, 0.1) is 5.92 Å². The fourth-order valence-electron chi connectivity index (χ4n) is 2.00. The molecule has 1 aliphatic heterocycles. The highest BCUT2D eigenvalue weighted by Crippen LogP contribution is 2.24. The molecule has 0 aliphatic carbocycles. The van der Waals surface area contributed by atoms with E-state index in [2.05, 4.69) is 6.92 Å². The van der Waals surface area contributed by atoms with E-state index < -0.39 is 0 Å². The number of cyclic esters (lactones) is 1. The van der Waals surface area contributed by atoms with Crippen LogP contribution in [-0.4, -0.2) is 23.3 Å². The second kappa shape index (κ2) is 5.35. The summed E-state index contributed by atoms with van der Waals surface area (Å²) in [5.41, 5.74) is 0. The Labute approximate surface area is 85.5 Å². The van der Waals surface area contributed by atoms with Gasteiger partial charge in [-0.25, -0.2) is 0 Å². The molecule has 1 N–H and O–H groups in total. The summed E-state index contributed by atoms with van der Waals surface area (Å²) in [6.45, 7) is 4.10. The van der Waals surface area contributed by atoms with Crippen molar-refractivity contribution in [1.29, 1.82) is 0 Å². The maximum absolute atomic E-state index is 11.1. The molecule has 14 heavy (non-hydrogen) atoms. The third-order valence-electron chi connectivity index (χ3n) is 2.64. The van der Waals surface area contributed by atoms with E-state index in [1.807, 2.05) is 6.92 Å². The van der Waals surface area contributed by atoms with Crippen LogP contribution in [0.1, 0.15) is 46.0 Å². The summed E-state index contributed by atoms with van der Waals surface area (Å²) >= 11 is 0. The van der Waals surface area contributed by atoms with Gasteiger partial charge in [-0.15, -0.1) is 0 Å². The number of carbonyl (C=O) groups excluding carboxylic acids is 1. The average Bonchev–Trinajstić information content (AvgIpc) is 2.01. The molecule has 3 atom stereocenters. The molecule has 0 saturated carbocycles. The van der Waals surface area contributed by atoms with E-state index in [9.17, 15) is 9.90 Å². The number of ether oxygens (including phenoxy) is 1. The van der Waals surface area contributed by atoms with E-state index in [4.69, 9.17) is 4.74 Å². The largest absolute Gasteiger partial charge is 0.462 e. The summed E-state index contributed by atoms with van der Waals surface area (Å²) in [5.74, 6) is 0.285. The van der Waals surface area contributed by atoms with E-state index in [0.717, 1.165) is 19.3 Å². The van der Waals surface area contributed by atoms with Gasteiger partial charge in [-0.3, -0.25) is 4.79 Å². The van der Waals surface area contributed by atoms with Crippen LogP contribution in [0.25, 0.3) is 0 Å². The molecule has 82 valence electrons. The van der Waals surface area contributed by atoms with Gasteiger partial charge in [0, 0.05) is 12.8 Å². The molecular weight excluding hydrogens is 180 g/mol. The van der Waals surface area contributed by atoms with Crippen LogP contribution < -0.4 is 0 Å². The minimum Gasteiger partial charge on any atom is -0.462 e. The van der Waals surface area contributed by atoms with E-state index in [-0.39, 0.29) is 18.2 Å². The molecule has 3 heteroatoms. The van der Waals surface area contributed by atoms with Crippen LogP contribution in [0.5, 0.6) is 0 Å². The van der Waals surface area contributed by atoms with Gasteiger partial charge in [-0.1, -0.05) is 20.3 Å². The summed E-state index contributed by atoms with van der Waals surface area (Å²) in [6, 6.07) is 0. The fraction of sp³-hybridized carbons (Fsp3) is 0.909. The lowest BCUT2D eigenvalue weighted by molar-refractivity contribution is -0.158. The topological polar surface area (TPSA) is 46.5 Å². The molecule has 0 aromatic rings. The molecular formula is C11H20O3. The van der Waals surface area contributed by atoms with Gasteiger partial charge in [-0.05, 0) is 18.8 Å². The van der Waals surface area contributed by atoms with Crippen LogP contribution >= 0.6 is 0 Å².